The first kappa shape index (κ1) is 20.7. The van der Waals surface area contributed by atoms with Crippen molar-refractivity contribution in [1.82, 2.24) is 9.62 Å². The molecule has 152 valence electrons. The van der Waals surface area contributed by atoms with Crippen LogP contribution in [0.1, 0.15) is 17.2 Å². The third-order valence-electron chi connectivity index (χ3n) is 4.73. The summed E-state index contributed by atoms with van der Waals surface area (Å²) >= 11 is 0. The number of halogens is 1. The zero-order chi connectivity index (χ0) is 20.0. The summed E-state index contributed by atoms with van der Waals surface area (Å²) in [7, 11) is -2.00. The Bertz CT molecular complexity index is 868. The summed E-state index contributed by atoms with van der Waals surface area (Å²) in [4.78, 5) is 2.20. The molecule has 1 unspecified atom stereocenters. The van der Waals surface area contributed by atoms with Crippen molar-refractivity contribution >= 4 is 10.0 Å². The van der Waals surface area contributed by atoms with Gasteiger partial charge in [0.05, 0.1) is 26.1 Å². The van der Waals surface area contributed by atoms with Crippen molar-refractivity contribution in [1.29, 1.82) is 0 Å². The molecule has 2 aromatic carbocycles. The number of benzene rings is 2. The Morgan fingerprint density at radius 2 is 1.89 bits per heavy atom. The normalized spacial score (nSPS) is 16.6. The van der Waals surface area contributed by atoms with Gasteiger partial charge in [0.2, 0.25) is 10.0 Å². The van der Waals surface area contributed by atoms with Crippen LogP contribution >= 0.6 is 0 Å². The van der Waals surface area contributed by atoms with Crippen LogP contribution in [0, 0.1) is 5.82 Å². The number of methoxy groups -OCH3 is 1. The van der Waals surface area contributed by atoms with E-state index in [1.54, 1.807) is 13.2 Å². The lowest BCUT2D eigenvalue weighted by molar-refractivity contribution is 0.0172. The lowest BCUT2D eigenvalue weighted by Gasteiger charge is -2.35. The minimum Gasteiger partial charge on any atom is -0.497 e. The van der Waals surface area contributed by atoms with E-state index >= 15 is 0 Å². The summed E-state index contributed by atoms with van der Waals surface area (Å²) in [6.45, 7) is 2.90. The van der Waals surface area contributed by atoms with Crippen LogP contribution in [0.3, 0.4) is 0 Å². The van der Waals surface area contributed by atoms with Crippen molar-refractivity contribution in [3.63, 3.8) is 0 Å². The maximum absolute atomic E-state index is 13.3. The predicted octanol–water partition coefficient (Wildman–Crippen LogP) is 2.33. The standard InChI is InChI=1S/C20H25FN2O4S/c1-26-19-7-5-17(6-8-19)20(23-9-11-27-12-10-23)14-22-28(24,25)15-16-3-2-4-18(21)13-16/h2-8,13,20,22H,9-12,14-15H2,1H3. The van der Waals surface area contributed by atoms with E-state index in [0.717, 1.165) is 24.4 Å². The number of hydrogen-bond donors (Lipinski definition) is 1. The SMILES string of the molecule is COc1ccc(C(CNS(=O)(=O)Cc2cccc(F)c2)N2CCOCC2)cc1. The monoisotopic (exact) mass is 408 g/mol. The largest absolute Gasteiger partial charge is 0.497 e. The van der Waals surface area contributed by atoms with Crippen LogP contribution in [0.15, 0.2) is 48.5 Å². The third kappa shape index (κ3) is 5.75. The van der Waals surface area contributed by atoms with Crippen molar-refractivity contribution in [2.45, 2.75) is 11.8 Å². The highest BCUT2D eigenvalue weighted by Crippen LogP contribution is 2.24. The number of rotatable bonds is 8. The molecule has 28 heavy (non-hydrogen) atoms. The minimum atomic E-state index is -3.61. The topological polar surface area (TPSA) is 67.9 Å². The maximum Gasteiger partial charge on any atom is 0.215 e. The van der Waals surface area contributed by atoms with Gasteiger partial charge in [-0.1, -0.05) is 24.3 Å². The summed E-state index contributed by atoms with van der Waals surface area (Å²) in [5, 5.41) is 0. The maximum atomic E-state index is 13.3. The molecule has 1 N–H and O–H groups in total. The quantitative estimate of drug-likeness (QED) is 0.726. The van der Waals surface area contributed by atoms with Crippen molar-refractivity contribution in [2.24, 2.45) is 0 Å². The number of nitrogens with one attached hydrogen (secondary N) is 1. The molecule has 8 heteroatoms. The van der Waals surface area contributed by atoms with Gasteiger partial charge in [0.25, 0.3) is 0 Å². The molecule has 0 saturated carbocycles. The van der Waals surface area contributed by atoms with E-state index in [2.05, 4.69) is 9.62 Å². The van der Waals surface area contributed by atoms with Crippen LogP contribution in [-0.2, 0) is 20.5 Å². The second kappa shape index (κ2) is 9.47. The van der Waals surface area contributed by atoms with Crippen LogP contribution in [-0.4, -0.2) is 53.3 Å². The second-order valence-corrected chi connectivity index (χ2v) is 8.48. The molecule has 3 rings (SSSR count). The molecule has 1 aliphatic heterocycles. The Morgan fingerprint density at radius 1 is 1.18 bits per heavy atom. The minimum absolute atomic E-state index is 0.128. The van der Waals surface area contributed by atoms with Crippen LogP contribution in [0.4, 0.5) is 4.39 Å². The van der Waals surface area contributed by atoms with Gasteiger partial charge in [0.1, 0.15) is 11.6 Å². The Balaban J connectivity index is 1.72. The Labute approximate surface area is 165 Å². The van der Waals surface area contributed by atoms with Crippen molar-refractivity contribution in [2.75, 3.05) is 40.0 Å². The lowest BCUT2D eigenvalue weighted by Crippen LogP contribution is -2.44. The number of hydrogen-bond acceptors (Lipinski definition) is 5. The third-order valence-corrected chi connectivity index (χ3v) is 6.05. The van der Waals surface area contributed by atoms with Crippen LogP contribution < -0.4 is 9.46 Å². The predicted molar refractivity (Wildman–Crippen MR) is 105 cm³/mol. The van der Waals surface area contributed by atoms with E-state index in [9.17, 15) is 12.8 Å². The van der Waals surface area contributed by atoms with Gasteiger partial charge in [-0.05, 0) is 35.4 Å². The fourth-order valence-corrected chi connectivity index (χ4v) is 4.41. The zero-order valence-corrected chi connectivity index (χ0v) is 16.6. The molecule has 0 aliphatic carbocycles. The van der Waals surface area contributed by atoms with E-state index in [-0.39, 0.29) is 18.3 Å². The lowest BCUT2D eigenvalue weighted by atomic mass is 10.0. The van der Waals surface area contributed by atoms with Crippen LogP contribution in [0.25, 0.3) is 0 Å². The van der Waals surface area contributed by atoms with Gasteiger partial charge in [-0.2, -0.15) is 0 Å². The highest BCUT2D eigenvalue weighted by molar-refractivity contribution is 7.88. The van der Waals surface area contributed by atoms with E-state index in [1.165, 1.54) is 18.2 Å². The number of nitrogens with zero attached hydrogens (tertiary/aromatic N) is 1. The van der Waals surface area contributed by atoms with Gasteiger partial charge in [-0.15, -0.1) is 0 Å². The first-order valence-corrected chi connectivity index (χ1v) is 10.8. The molecule has 0 radical (unpaired) electrons. The molecule has 0 spiro atoms. The second-order valence-electron chi connectivity index (χ2n) is 6.67. The Morgan fingerprint density at radius 3 is 2.54 bits per heavy atom. The summed E-state index contributed by atoms with van der Waals surface area (Å²) in [6.07, 6.45) is 0. The van der Waals surface area contributed by atoms with E-state index in [0.29, 0.717) is 18.8 Å². The molecular formula is C20H25FN2O4S. The molecule has 1 heterocycles. The molecule has 0 aromatic heterocycles. The number of morpholine rings is 1. The molecule has 1 atom stereocenters. The van der Waals surface area contributed by atoms with Crippen molar-refractivity contribution < 1.29 is 22.3 Å². The van der Waals surface area contributed by atoms with E-state index < -0.39 is 15.8 Å². The Hall–Kier alpha value is -2.00. The van der Waals surface area contributed by atoms with Crippen molar-refractivity contribution in [3.8, 4) is 5.75 Å². The molecule has 1 aliphatic rings. The van der Waals surface area contributed by atoms with E-state index in [4.69, 9.17) is 9.47 Å². The first-order chi connectivity index (χ1) is 13.5. The highest BCUT2D eigenvalue weighted by atomic mass is 32.2. The summed E-state index contributed by atoms with van der Waals surface area (Å²) in [5.74, 6) is 0.0386. The molecule has 1 fully saturated rings. The van der Waals surface area contributed by atoms with Crippen LogP contribution in [0.5, 0.6) is 5.75 Å². The molecule has 1 saturated heterocycles. The average Bonchev–Trinajstić information content (AvgIpc) is 2.69. The molecule has 0 amide bonds. The van der Waals surface area contributed by atoms with Gasteiger partial charge < -0.3 is 9.47 Å². The molecular weight excluding hydrogens is 383 g/mol. The van der Waals surface area contributed by atoms with Gasteiger partial charge in [0.15, 0.2) is 0 Å². The smallest absolute Gasteiger partial charge is 0.215 e. The van der Waals surface area contributed by atoms with Crippen molar-refractivity contribution in [3.05, 3.63) is 65.5 Å². The van der Waals surface area contributed by atoms with Crippen LogP contribution in [0.2, 0.25) is 0 Å². The average molecular weight is 408 g/mol. The number of ether oxygens (including phenoxy) is 2. The summed E-state index contributed by atoms with van der Waals surface area (Å²) < 4.78 is 51.7. The van der Waals surface area contributed by atoms with Gasteiger partial charge in [-0.25, -0.2) is 17.5 Å². The van der Waals surface area contributed by atoms with Gasteiger partial charge in [-0.3, -0.25) is 4.90 Å². The first-order valence-electron chi connectivity index (χ1n) is 9.14. The van der Waals surface area contributed by atoms with Gasteiger partial charge in [0, 0.05) is 25.7 Å². The van der Waals surface area contributed by atoms with Gasteiger partial charge >= 0.3 is 0 Å². The molecule has 6 nitrogen and oxygen atoms in total. The number of sulfonamides is 1. The summed E-state index contributed by atoms with van der Waals surface area (Å²) in [5.41, 5.74) is 1.41. The fraction of sp³-hybridized carbons (Fsp3) is 0.400. The zero-order valence-electron chi connectivity index (χ0n) is 15.8. The van der Waals surface area contributed by atoms with E-state index in [1.807, 2.05) is 24.3 Å². The Kier molecular flexibility index (Phi) is 7.01. The molecule has 2 aromatic rings. The summed E-state index contributed by atoms with van der Waals surface area (Å²) in [6, 6.07) is 13.1. The molecule has 0 bridgehead atoms. The fourth-order valence-electron chi connectivity index (χ4n) is 3.28. The highest BCUT2D eigenvalue weighted by Gasteiger charge is 2.24.